The van der Waals surface area contributed by atoms with Crippen molar-refractivity contribution in [1.29, 1.82) is 0 Å². The maximum Gasteiger partial charge on any atom is 0.269 e. The molecule has 2 aromatic rings. The number of nitrogens with zero attached hydrogens (tertiary/aromatic N) is 4. The first-order chi connectivity index (χ1) is 15.2. The zero-order chi connectivity index (χ0) is 23.7. The molecule has 0 aromatic heterocycles. The van der Waals surface area contributed by atoms with E-state index in [0.717, 1.165) is 17.7 Å². The molecule has 2 rings (SSSR count). The Hall–Kier alpha value is -1.77. The lowest BCUT2D eigenvalue weighted by Crippen LogP contribution is -2.31. The normalized spacial score (nSPS) is 14.4. The number of rotatable bonds is 12. The second-order valence-electron chi connectivity index (χ2n) is 7.46. The number of nitro groups is 1. The average molecular weight is 495 g/mol. The third-order valence-corrected chi connectivity index (χ3v) is 10.2. The van der Waals surface area contributed by atoms with Gasteiger partial charge in [0.2, 0.25) is 6.57 Å². The maximum absolute atomic E-state index is 11.0. The highest BCUT2D eigenvalue weighted by Crippen LogP contribution is 2.53. The van der Waals surface area contributed by atoms with Gasteiger partial charge in [-0.15, -0.1) is 11.8 Å². The van der Waals surface area contributed by atoms with Gasteiger partial charge in [-0.1, -0.05) is 25.1 Å². The Balaban J connectivity index is 2.30. The van der Waals surface area contributed by atoms with Crippen LogP contribution in [0.5, 0.6) is 0 Å². The molecule has 10 heteroatoms. The fourth-order valence-corrected chi connectivity index (χ4v) is 6.49. The summed E-state index contributed by atoms with van der Waals surface area (Å²) < 4.78 is 10.4. The van der Waals surface area contributed by atoms with Crippen LogP contribution in [0, 0.1) is 17.0 Å². The van der Waals surface area contributed by atoms with E-state index in [1.54, 1.807) is 24.2 Å². The zero-order valence-corrected chi connectivity index (χ0v) is 21.7. The molecule has 0 bridgehead atoms. The lowest BCUT2D eigenvalue weighted by Gasteiger charge is -2.38. The van der Waals surface area contributed by atoms with Crippen LogP contribution >= 0.6 is 18.3 Å². The number of aryl methyl sites for hydroxylation is 1. The van der Waals surface area contributed by atoms with Crippen LogP contribution < -0.4 is 0 Å². The van der Waals surface area contributed by atoms with E-state index in [-0.39, 0.29) is 11.8 Å². The second-order valence-corrected chi connectivity index (χ2v) is 12.6. The minimum absolute atomic E-state index is 0.0158. The van der Waals surface area contributed by atoms with Crippen molar-refractivity contribution in [2.75, 3.05) is 26.4 Å². The highest BCUT2D eigenvalue weighted by atomic mass is 32.5. The summed E-state index contributed by atoms with van der Waals surface area (Å²) in [5, 5.41) is 11.0. The first-order valence-electron chi connectivity index (χ1n) is 10.4. The van der Waals surface area contributed by atoms with Gasteiger partial charge >= 0.3 is 0 Å². The lowest BCUT2D eigenvalue weighted by molar-refractivity contribution is -0.384. The molecule has 2 atom stereocenters. The van der Waals surface area contributed by atoms with E-state index in [1.165, 1.54) is 17.0 Å². The topological polar surface area (TPSA) is 71.2 Å². The van der Waals surface area contributed by atoms with Gasteiger partial charge in [0.25, 0.3) is 5.69 Å². The van der Waals surface area contributed by atoms with Crippen molar-refractivity contribution in [1.82, 2.24) is 9.34 Å². The van der Waals surface area contributed by atoms with E-state index in [0.29, 0.717) is 12.2 Å². The van der Waals surface area contributed by atoms with Crippen molar-refractivity contribution in [3.8, 4) is 0 Å². The van der Waals surface area contributed by atoms with Gasteiger partial charge < -0.3 is 9.19 Å². The molecular weight excluding hydrogens is 463 g/mol. The Bertz CT molecular complexity index is 973. The van der Waals surface area contributed by atoms with E-state index in [2.05, 4.69) is 24.0 Å². The lowest BCUT2D eigenvalue weighted by atomic mass is 10.2. The SMILES string of the molecule is CCC(C)OP(=S)(N(C)C)N(C=Nc1ccc([N+](=O)[O-])cc1C)CCSc1ccccc1. The number of non-ortho nitro benzene ring substituents is 1. The van der Waals surface area contributed by atoms with Gasteiger partial charge in [-0.25, -0.2) is 9.66 Å². The molecule has 0 saturated heterocycles. The third kappa shape index (κ3) is 7.39. The van der Waals surface area contributed by atoms with Gasteiger partial charge in [-0.3, -0.25) is 10.1 Å². The molecular formula is C22H31N4O3PS2. The third-order valence-electron chi connectivity index (χ3n) is 4.78. The number of aliphatic imine (C=N–C) groups is 1. The van der Waals surface area contributed by atoms with Crippen LogP contribution in [0.3, 0.4) is 0 Å². The largest absolute Gasteiger partial charge is 0.320 e. The molecule has 0 saturated carbocycles. The fourth-order valence-electron chi connectivity index (χ4n) is 2.74. The van der Waals surface area contributed by atoms with Crippen molar-refractivity contribution in [2.45, 2.75) is 38.2 Å². The van der Waals surface area contributed by atoms with E-state index in [1.807, 2.05) is 55.5 Å². The van der Waals surface area contributed by atoms with Crippen LogP contribution in [0.1, 0.15) is 25.8 Å². The van der Waals surface area contributed by atoms with Crippen molar-refractivity contribution >= 4 is 47.8 Å². The summed E-state index contributed by atoms with van der Waals surface area (Å²) in [6.07, 6.45) is 2.61. The Morgan fingerprint density at radius 1 is 1.28 bits per heavy atom. The first kappa shape index (κ1) is 26.5. The molecule has 0 amide bonds. The summed E-state index contributed by atoms with van der Waals surface area (Å²) in [6.45, 7) is 4.02. The van der Waals surface area contributed by atoms with E-state index >= 15 is 0 Å². The number of thioether (sulfide) groups is 1. The van der Waals surface area contributed by atoms with E-state index in [9.17, 15) is 10.1 Å². The molecule has 2 unspecified atom stereocenters. The van der Waals surface area contributed by atoms with Crippen LogP contribution in [-0.2, 0) is 16.3 Å². The van der Waals surface area contributed by atoms with Crippen LogP contribution in [0.4, 0.5) is 11.4 Å². The molecule has 32 heavy (non-hydrogen) atoms. The minimum Gasteiger partial charge on any atom is -0.320 e. The standard InChI is InChI=1S/C22H31N4O3PS2/c1-6-19(3)29-30(31,24(4)5)25(14-15-32-21-10-8-7-9-11-21)17-23-22-13-12-20(26(27)28)16-18(22)2/h7-13,16-17,19H,6,14-15H2,1-5H3. The van der Waals surface area contributed by atoms with Crippen LogP contribution in [0.25, 0.3) is 0 Å². The summed E-state index contributed by atoms with van der Waals surface area (Å²) in [4.78, 5) is 16.5. The van der Waals surface area contributed by atoms with Crippen molar-refractivity contribution in [3.05, 3.63) is 64.2 Å². The number of nitro benzene ring substituents is 1. The molecule has 0 aliphatic rings. The molecule has 0 N–H and O–H groups in total. The van der Waals surface area contributed by atoms with E-state index in [4.69, 9.17) is 16.3 Å². The molecule has 7 nitrogen and oxygen atoms in total. The van der Waals surface area contributed by atoms with Gasteiger partial charge in [0, 0.05) is 29.3 Å². The van der Waals surface area contributed by atoms with Crippen molar-refractivity contribution in [3.63, 3.8) is 0 Å². The van der Waals surface area contributed by atoms with Gasteiger partial charge in [0.15, 0.2) is 0 Å². The summed E-state index contributed by atoms with van der Waals surface area (Å²) >= 11 is 7.82. The number of hydrogen-bond acceptors (Lipinski definition) is 6. The number of hydrogen-bond donors (Lipinski definition) is 0. The second kappa shape index (κ2) is 12.5. The van der Waals surface area contributed by atoms with Crippen LogP contribution in [0.15, 0.2) is 58.4 Å². The molecule has 0 fully saturated rings. The molecule has 0 spiro atoms. The van der Waals surface area contributed by atoms with Crippen molar-refractivity contribution < 1.29 is 9.45 Å². The van der Waals surface area contributed by atoms with Gasteiger partial charge in [0.05, 0.1) is 23.1 Å². The van der Waals surface area contributed by atoms with Gasteiger partial charge in [-0.2, -0.15) is 0 Å². The quantitative estimate of drug-likeness (QED) is 0.0861. The Morgan fingerprint density at radius 2 is 1.97 bits per heavy atom. The predicted octanol–water partition coefficient (Wildman–Crippen LogP) is 6.26. The van der Waals surface area contributed by atoms with E-state index < -0.39 is 11.5 Å². The molecule has 0 heterocycles. The molecule has 0 aliphatic carbocycles. The predicted molar refractivity (Wildman–Crippen MR) is 139 cm³/mol. The number of benzene rings is 2. The maximum atomic E-state index is 11.0. The zero-order valence-electron chi connectivity index (χ0n) is 19.2. The van der Waals surface area contributed by atoms with Gasteiger partial charge in [-0.05, 0) is 69.9 Å². The minimum atomic E-state index is -2.54. The molecule has 174 valence electrons. The van der Waals surface area contributed by atoms with Crippen LogP contribution in [-0.4, -0.2) is 53.1 Å². The van der Waals surface area contributed by atoms with Gasteiger partial charge in [0.1, 0.15) is 0 Å². The molecule has 0 aliphatic heterocycles. The highest BCUT2D eigenvalue weighted by Gasteiger charge is 2.30. The molecule has 2 aromatic carbocycles. The highest BCUT2D eigenvalue weighted by molar-refractivity contribution is 8.10. The summed E-state index contributed by atoms with van der Waals surface area (Å²) in [5.41, 5.74) is 1.45. The Labute approximate surface area is 200 Å². The first-order valence-corrected chi connectivity index (χ1v) is 14.0. The Kier molecular flexibility index (Phi) is 10.3. The fraction of sp³-hybridized carbons (Fsp3) is 0.409. The molecule has 0 radical (unpaired) electrons. The summed E-state index contributed by atoms with van der Waals surface area (Å²) in [7, 11) is 3.87. The van der Waals surface area contributed by atoms with Crippen LogP contribution in [0.2, 0.25) is 0 Å². The monoisotopic (exact) mass is 494 g/mol. The smallest absolute Gasteiger partial charge is 0.269 e. The Morgan fingerprint density at radius 3 is 2.53 bits per heavy atom. The summed E-state index contributed by atoms with van der Waals surface area (Å²) in [6, 6.07) is 14.9. The summed E-state index contributed by atoms with van der Waals surface area (Å²) in [5.74, 6) is 0.811. The van der Waals surface area contributed by atoms with Crippen molar-refractivity contribution in [2.24, 2.45) is 4.99 Å². The average Bonchev–Trinajstić information content (AvgIpc) is 2.76.